The molecule has 0 saturated heterocycles. The van der Waals surface area contributed by atoms with Crippen LogP contribution in [0.5, 0.6) is 5.75 Å². The first kappa shape index (κ1) is 20.9. The SMILES string of the molecule is CC(NC(=O)CCC(=O)N1CCOc2ccccc21)c1ccc(NC(=O)C2CC2)cc1. The van der Waals surface area contributed by atoms with E-state index in [-0.39, 0.29) is 42.5 Å². The summed E-state index contributed by atoms with van der Waals surface area (Å²) in [5.41, 5.74) is 2.45. The van der Waals surface area contributed by atoms with Crippen molar-refractivity contribution in [3.63, 3.8) is 0 Å². The van der Waals surface area contributed by atoms with Crippen molar-refractivity contribution < 1.29 is 19.1 Å². The third-order valence-corrected chi connectivity index (χ3v) is 5.60. The van der Waals surface area contributed by atoms with Gasteiger partial charge in [0.2, 0.25) is 17.7 Å². The van der Waals surface area contributed by atoms with Crippen LogP contribution in [0.2, 0.25) is 0 Å². The van der Waals surface area contributed by atoms with Gasteiger partial charge in [-0.15, -0.1) is 0 Å². The lowest BCUT2D eigenvalue weighted by atomic mass is 10.1. The van der Waals surface area contributed by atoms with Gasteiger partial charge in [-0.2, -0.15) is 0 Å². The summed E-state index contributed by atoms with van der Waals surface area (Å²) in [6, 6.07) is 14.7. The van der Waals surface area contributed by atoms with Crippen molar-refractivity contribution >= 4 is 29.1 Å². The molecule has 1 saturated carbocycles. The van der Waals surface area contributed by atoms with E-state index in [4.69, 9.17) is 4.74 Å². The molecule has 1 heterocycles. The van der Waals surface area contributed by atoms with Crippen LogP contribution in [-0.4, -0.2) is 30.9 Å². The van der Waals surface area contributed by atoms with Crippen molar-refractivity contribution in [2.24, 2.45) is 5.92 Å². The second-order valence-corrected chi connectivity index (χ2v) is 8.04. The predicted molar refractivity (Wildman–Crippen MR) is 118 cm³/mol. The van der Waals surface area contributed by atoms with Gasteiger partial charge < -0.3 is 20.3 Å². The molecule has 1 aliphatic carbocycles. The fraction of sp³-hybridized carbons (Fsp3) is 0.375. The van der Waals surface area contributed by atoms with E-state index >= 15 is 0 Å². The number of amides is 3. The average molecular weight is 421 g/mol. The van der Waals surface area contributed by atoms with Crippen molar-refractivity contribution in [3.8, 4) is 5.75 Å². The molecule has 162 valence electrons. The monoisotopic (exact) mass is 421 g/mol. The zero-order valence-corrected chi connectivity index (χ0v) is 17.6. The summed E-state index contributed by atoms with van der Waals surface area (Å²) < 4.78 is 5.58. The van der Waals surface area contributed by atoms with Gasteiger partial charge >= 0.3 is 0 Å². The third-order valence-electron chi connectivity index (χ3n) is 5.60. The Balaban J connectivity index is 1.26. The summed E-state index contributed by atoms with van der Waals surface area (Å²) in [4.78, 5) is 38.6. The van der Waals surface area contributed by atoms with Crippen LogP contribution in [0, 0.1) is 5.92 Å². The van der Waals surface area contributed by atoms with Gasteiger partial charge in [-0.3, -0.25) is 14.4 Å². The molecule has 31 heavy (non-hydrogen) atoms. The number of carbonyl (C=O) groups is 3. The van der Waals surface area contributed by atoms with Crippen LogP contribution in [0.4, 0.5) is 11.4 Å². The molecule has 1 unspecified atom stereocenters. The zero-order chi connectivity index (χ0) is 21.8. The molecular formula is C24H27N3O4. The van der Waals surface area contributed by atoms with Crippen molar-refractivity contribution in [3.05, 3.63) is 54.1 Å². The summed E-state index contributed by atoms with van der Waals surface area (Å²) in [7, 11) is 0. The minimum Gasteiger partial charge on any atom is -0.490 e. The van der Waals surface area contributed by atoms with Gasteiger partial charge in [-0.05, 0) is 49.6 Å². The molecule has 7 heteroatoms. The highest BCUT2D eigenvalue weighted by Gasteiger charge is 2.29. The van der Waals surface area contributed by atoms with Crippen molar-refractivity contribution in [2.45, 2.75) is 38.6 Å². The van der Waals surface area contributed by atoms with Gasteiger partial charge in [-0.25, -0.2) is 0 Å². The summed E-state index contributed by atoms with van der Waals surface area (Å²) in [5.74, 6) is 0.660. The van der Waals surface area contributed by atoms with E-state index in [0.29, 0.717) is 18.9 Å². The Hall–Kier alpha value is -3.35. The number of fused-ring (bicyclic) bond motifs is 1. The maximum Gasteiger partial charge on any atom is 0.227 e. The first-order valence-corrected chi connectivity index (χ1v) is 10.7. The number of rotatable bonds is 7. The first-order chi connectivity index (χ1) is 15.0. The molecule has 3 amide bonds. The fourth-order valence-electron chi connectivity index (χ4n) is 3.63. The van der Waals surface area contributed by atoms with Gasteiger partial charge in [0, 0.05) is 24.4 Å². The Bertz CT molecular complexity index is 969. The number of anilines is 2. The summed E-state index contributed by atoms with van der Waals surface area (Å²) in [5, 5.41) is 5.84. The van der Waals surface area contributed by atoms with Crippen LogP contribution >= 0.6 is 0 Å². The van der Waals surface area contributed by atoms with E-state index in [0.717, 1.165) is 29.8 Å². The van der Waals surface area contributed by atoms with Crippen molar-refractivity contribution in [1.29, 1.82) is 0 Å². The van der Waals surface area contributed by atoms with E-state index in [1.54, 1.807) is 4.90 Å². The van der Waals surface area contributed by atoms with Gasteiger partial charge in [0.05, 0.1) is 18.3 Å². The highest BCUT2D eigenvalue weighted by atomic mass is 16.5. The van der Waals surface area contributed by atoms with Crippen LogP contribution < -0.4 is 20.3 Å². The second-order valence-electron chi connectivity index (χ2n) is 8.04. The summed E-state index contributed by atoms with van der Waals surface area (Å²) in [6.07, 6.45) is 2.19. The molecule has 7 nitrogen and oxygen atoms in total. The molecule has 0 aromatic heterocycles. The third kappa shape index (κ3) is 5.23. The molecule has 2 aromatic carbocycles. The van der Waals surface area contributed by atoms with Crippen molar-refractivity contribution in [2.75, 3.05) is 23.4 Å². The van der Waals surface area contributed by atoms with Gasteiger partial charge in [-0.1, -0.05) is 24.3 Å². The fourth-order valence-corrected chi connectivity index (χ4v) is 3.63. The van der Waals surface area contributed by atoms with Gasteiger partial charge in [0.15, 0.2) is 0 Å². The molecule has 1 aliphatic heterocycles. The van der Waals surface area contributed by atoms with E-state index in [1.165, 1.54) is 0 Å². The Labute approximate surface area is 181 Å². The standard InChI is InChI=1S/C24H27N3O4/c1-16(17-8-10-19(11-9-17)26-24(30)18-6-7-18)25-22(28)12-13-23(29)27-14-15-31-21-5-3-2-4-20(21)27/h2-5,8-11,16,18H,6-7,12-15H2,1H3,(H,25,28)(H,26,30). The molecular weight excluding hydrogens is 394 g/mol. The van der Waals surface area contributed by atoms with E-state index in [9.17, 15) is 14.4 Å². The number of benzene rings is 2. The maximum atomic E-state index is 12.7. The molecule has 2 N–H and O–H groups in total. The Morgan fingerprint density at radius 3 is 2.55 bits per heavy atom. The topological polar surface area (TPSA) is 87.7 Å². The minimum absolute atomic E-state index is 0.0710. The molecule has 2 aliphatic rings. The lowest BCUT2D eigenvalue weighted by Crippen LogP contribution is -2.38. The smallest absolute Gasteiger partial charge is 0.227 e. The number of carbonyl (C=O) groups excluding carboxylic acids is 3. The normalized spacial score (nSPS) is 16.0. The van der Waals surface area contributed by atoms with Gasteiger partial charge in [0.25, 0.3) is 0 Å². The van der Waals surface area contributed by atoms with Crippen LogP contribution in [-0.2, 0) is 14.4 Å². The molecule has 4 rings (SSSR count). The Morgan fingerprint density at radius 1 is 1.06 bits per heavy atom. The number of ether oxygens (including phenoxy) is 1. The lowest BCUT2D eigenvalue weighted by Gasteiger charge is -2.29. The maximum absolute atomic E-state index is 12.7. The number of nitrogens with one attached hydrogen (secondary N) is 2. The molecule has 0 bridgehead atoms. The van der Waals surface area contributed by atoms with Crippen LogP contribution in [0.3, 0.4) is 0 Å². The lowest BCUT2D eigenvalue weighted by molar-refractivity contribution is -0.125. The highest BCUT2D eigenvalue weighted by molar-refractivity contribution is 5.97. The summed E-state index contributed by atoms with van der Waals surface area (Å²) >= 11 is 0. The zero-order valence-electron chi connectivity index (χ0n) is 17.6. The first-order valence-electron chi connectivity index (χ1n) is 10.7. The Kier molecular flexibility index (Phi) is 6.21. The minimum atomic E-state index is -0.195. The van der Waals surface area contributed by atoms with Crippen molar-refractivity contribution in [1.82, 2.24) is 5.32 Å². The van der Waals surface area contributed by atoms with Crippen LogP contribution in [0.25, 0.3) is 0 Å². The molecule has 0 radical (unpaired) electrons. The highest BCUT2D eigenvalue weighted by Crippen LogP contribution is 2.32. The largest absolute Gasteiger partial charge is 0.490 e. The molecule has 1 fully saturated rings. The average Bonchev–Trinajstić information content (AvgIpc) is 3.63. The molecule has 2 aromatic rings. The van der Waals surface area contributed by atoms with Crippen LogP contribution in [0.1, 0.15) is 44.2 Å². The molecule has 0 spiro atoms. The number of nitrogens with zero attached hydrogens (tertiary/aromatic N) is 1. The van der Waals surface area contributed by atoms with Gasteiger partial charge in [0.1, 0.15) is 12.4 Å². The van der Waals surface area contributed by atoms with E-state index < -0.39 is 0 Å². The Morgan fingerprint density at radius 2 is 1.81 bits per heavy atom. The molecule has 1 atom stereocenters. The van der Waals surface area contributed by atoms with E-state index in [2.05, 4.69) is 10.6 Å². The number of para-hydroxylation sites is 2. The number of hydrogen-bond donors (Lipinski definition) is 2. The predicted octanol–water partition coefficient (Wildman–Crippen LogP) is 3.42. The van der Waals surface area contributed by atoms with E-state index in [1.807, 2.05) is 55.5 Å². The number of hydrogen-bond acceptors (Lipinski definition) is 4. The quantitative estimate of drug-likeness (QED) is 0.717. The van der Waals surface area contributed by atoms with Crippen LogP contribution in [0.15, 0.2) is 48.5 Å². The summed E-state index contributed by atoms with van der Waals surface area (Å²) in [6.45, 7) is 2.83. The second kappa shape index (κ2) is 9.20.